The van der Waals surface area contributed by atoms with Gasteiger partial charge in [0.25, 0.3) is 5.91 Å². The van der Waals surface area contributed by atoms with Crippen LogP contribution < -0.4 is 4.74 Å². The molecule has 0 spiro atoms. The maximum atomic E-state index is 12.6. The molecule has 0 aliphatic heterocycles. The first kappa shape index (κ1) is 17.5. The van der Waals surface area contributed by atoms with Crippen molar-refractivity contribution in [3.05, 3.63) is 41.7 Å². The largest absolute Gasteiger partial charge is 0.497 e. The molecule has 1 heterocycles. The van der Waals surface area contributed by atoms with Gasteiger partial charge in [-0.25, -0.2) is 9.48 Å². The number of amides is 1. The minimum atomic E-state index is -1.32. The number of carbonyl (C=O) groups excluding carboxylic acids is 1. The Morgan fingerprint density at radius 2 is 1.83 bits per heavy atom. The number of benzene rings is 1. The molecular formula is C17H21N3O4. The van der Waals surface area contributed by atoms with E-state index >= 15 is 0 Å². The first-order valence-electron chi connectivity index (χ1n) is 7.41. The van der Waals surface area contributed by atoms with Gasteiger partial charge in [0, 0.05) is 12.7 Å². The van der Waals surface area contributed by atoms with Crippen LogP contribution in [0.1, 0.15) is 30.0 Å². The summed E-state index contributed by atoms with van der Waals surface area (Å²) in [6.07, 6.45) is 0. The molecule has 1 aromatic carbocycles. The second kappa shape index (κ2) is 6.35. The Kier molecular flexibility index (Phi) is 4.64. The number of nitrogens with zero attached hydrogens (tertiary/aromatic N) is 3. The third kappa shape index (κ3) is 3.10. The quantitative estimate of drug-likeness (QED) is 0.907. The fourth-order valence-electron chi connectivity index (χ4n) is 2.13. The molecule has 1 aromatic heterocycles. The molecule has 0 aliphatic carbocycles. The molecule has 0 bridgehead atoms. The number of hydrogen-bond donors (Lipinski definition) is 1. The summed E-state index contributed by atoms with van der Waals surface area (Å²) in [5.41, 5.74) is 0.423. The molecule has 0 unspecified atom stereocenters. The number of aryl methyl sites for hydroxylation is 1. The van der Waals surface area contributed by atoms with Crippen molar-refractivity contribution in [1.29, 1.82) is 0 Å². The Labute approximate surface area is 140 Å². The second-order valence-electron chi connectivity index (χ2n) is 6.01. The third-order valence-electron chi connectivity index (χ3n) is 4.09. The Balaban J connectivity index is 2.34. The highest BCUT2D eigenvalue weighted by molar-refractivity contribution is 5.96. The maximum Gasteiger partial charge on any atom is 0.329 e. The summed E-state index contributed by atoms with van der Waals surface area (Å²) >= 11 is 0. The van der Waals surface area contributed by atoms with Crippen LogP contribution in [-0.2, 0) is 4.79 Å². The minimum absolute atomic E-state index is 0.195. The number of carboxylic acids is 1. The van der Waals surface area contributed by atoms with Gasteiger partial charge in [-0.15, -0.1) is 0 Å². The van der Waals surface area contributed by atoms with Gasteiger partial charge in [0.2, 0.25) is 0 Å². The van der Waals surface area contributed by atoms with Gasteiger partial charge in [-0.3, -0.25) is 4.79 Å². The smallest absolute Gasteiger partial charge is 0.329 e. The van der Waals surface area contributed by atoms with Crippen molar-refractivity contribution in [2.45, 2.75) is 26.3 Å². The number of aromatic nitrogens is 2. The van der Waals surface area contributed by atoms with Crippen molar-refractivity contribution in [3.63, 3.8) is 0 Å². The van der Waals surface area contributed by atoms with Crippen LogP contribution in [0.2, 0.25) is 0 Å². The van der Waals surface area contributed by atoms with Gasteiger partial charge < -0.3 is 14.7 Å². The Morgan fingerprint density at radius 3 is 2.33 bits per heavy atom. The Morgan fingerprint density at radius 1 is 1.25 bits per heavy atom. The fourth-order valence-corrected chi connectivity index (χ4v) is 2.13. The van der Waals surface area contributed by atoms with E-state index in [1.165, 1.54) is 25.8 Å². The molecular weight excluding hydrogens is 310 g/mol. The lowest BCUT2D eigenvalue weighted by atomic mass is 10.0. The number of carboxylic acid groups (broad SMARTS) is 1. The topological polar surface area (TPSA) is 84.7 Å². The molecule has 1 N–H and O–H groups in total. The molecule has 0 atom stereocenters. The average Bonchev–Trinajstić information content (AvgIpc) is 2.95. The number of carbonyl (C=O) groups is 2. The summed E-state index contributed by atoms with van der Waals surface area (Å²) in [5.74, 6) is -0.801. The predicted octanol–water partition coefficient (Wildman–Crippen LogP) is 2.12. The molecule has 0 radical (unpaired) electrons. The summed E-state index contributed by atoms with van der Waals surface area (Å²) in [6.45, 7) is 4.78. The fraction of sp³-hybridized carbons (Fsp3) is 0.353. The summed E-state index contributed by atoms with van der Waals surface area (Å²) < 4.78 is 6.76. The van der Waals surface area contributed by atoms with Crippen molar-refractivity contribution in [2.24, 2.45) is 0 Å². The van der Waals surface area contributed by atoms with Crippen molar-refractivity contribution in [3.8, 4) is 11.4 Å². The standard InChI is InChI=1S/C17H21N3O4/c1-11-10-14(15(21)19(4)17(2,3)16(22)23)18-20(11)12-6-8-13(24-5)9-7-12/h6-10H,1-5H3,(H,22,23). The van der Waals surface area contributed by atoms with Gasteiger partial charge in [0.05, 0.1) is 12.8 Å². The highest BCUT2D eigenvalue weighted by atomic mass is 16.5. The van der Waals surface area contributed by atoms with Crippen LogP contribution in [0, 0.1) is 6.92 Å². The predicted molar refractivity (Wildman–Crippen MR) is 88.7 cm³/mol. The zero-order valence-electron chi connectivity index (χ0n) is 14.4. The van der Waals surface area contributed by atoms with E-state index < -0.39 is 17.4 Å². The van der Waals surface area contributed by atoms with E-state index in [9.17, 15) is 14.7 Å². The molecule has 128 valence electrons. The Hall–Kier alpha value is -2.83. The van der Waals surface area contributed by atoms with E-state index in [1.807, 2.05) is 19.1 Å². The first-order chi connectivity index (χ1) is 11.2. The van der Waals surface area contributed by atoms with Gasteiger partial charge in [-0.2, -0.15) is 5.10 Å². The zero-order chi connectivity index (χ0) is 18.1. The lowest BCUT2D eigenvalue weighted by Crippen LogP contribution is -2.50. The molecule has 0 aliphatic rings. The Bertz CT molecular complexity index is 763. The molecule has 0 fully saturated rings. The normalized spacial score (nSPS) is 11.2. The summed E-state index contributed by atoms with van der Waals surface area (Å²) in [7, 11) is 3.04. The number of rotatable bonds is 5. The molecule has 0 saturated carbocycles. The molecule has 24 heavy (non-hydrogen) atoms. The van der Waals surface area contributed by atoms with Gasteiger partial charge in [0.1, 0.15) is 11.3 Å². The van der Waals surface area contributed by atoms with Crippen molar-refractivity contribution in [1.82, 2.24) is 14.7 Å². The van der Waals surface area contributed by atoms with Crippen molar-refractivity contribution >= 4 is 11.9 Å². The monoisotopic (exact) mass is 331 g/mol. The van der Waals surface area contributed by atoms with Crippen LogP contribution in [0.25, 0.3) is 5.69 Å². The van der Waals surface area contributed by atoms with E-state index in [2.05, 4.69) is 5.10 Å². The molecule has 0 saturated heterocycles. The zero-order valence-corrected chi connectivity index (χ0v) is 14.4. The van der Waals surface area contributed by atoms with Crippen LogP contribution in [-0.4, -0.2) is 51.4 Å². The number of hydrogen-bond acceptors (Lipinski definition) is 4. The van der Waals surface area contributed by atoms with Gasteiger partial charge in [-0.05, 0) is 51.1 Å². The second-order valence-corrected chi connectivity index (χ2v) is 6.01. The van der Waals surface area contributed by atoms with Gasteiger partial charge in [0.15, 0.2) is 5.69 Å². The van der Waals surface area contributed by atoms with E-state index in [1.54, 1.807) is 30.0 Å². The number of aliphatic carboxylic acids is 1. The number of methoxy groups -OCH3 is 1. The summed E-state index contributed by atoms with van der Waals surface area (Å²) in [5, 5.41) is 13.6. The van der Waals surface area contributed by atoms with Crippen LogP contribution in [0.15, 0.2) is 30.3 Å². The van der Waals surface area contributed by atoms with Crippen molar-refractivity contribution < 1.29 is 19.4 Å². The van der Waals surface area contributed by atoms with E-state index in [0.717, 1.165) is 17.1 Å². The summed E-state index contributed by atoms with van der Waals surface area (Å²) in [4.78, 5) is 25.1. The molecule has 7 nitrogen and oxygen atoms in total. The molecule has 2 aromatic rings. The SMILES string of the molecule is COc1ccc(-n2nc(C(=O)N(C)C(C)(C)C(=O)O)cc2C)cc1. The summed E-state index contributed by atoms with van der Waals surface area (Å²) in [6, 6.07) is 8.91. The average molecular weight is 331 g/mol. The van der Waals surface area contributed by atoms with Crippen LogP contribution >= 0.6 is 0 Å². The maximum absolute atomic E-state index is 12.6. The highest BCUT2D eigenvalue weighted by Crippen LogP contribution is 2.19. The lowest BCUT2D eigenvalue weighted by Gasteiger charge is -2.30. The lowest BCUT2D eigenvalue weighted by molar-refractivity contribution is -0.147. The highest BCUT2D eigenvalue weighted by Gasteiger charge is 2.36. The van der Waals surface area contributed by atoms with Crippen LogP contribution in [0.5, 0.6) is 5.75 Å². The van der Waals surface area contributed by atoms with E-state index in [0.29, 0.717) is 0 Å². The van der Waals surface area contributed by atoms with E-state index in [-0.39, 0.29) is 5.69 Å². The van der Waals surface area contributed by atoms with Gasteiger partial charge in [-0.1, -0.05) is 0 Å². The van der Waals surface area contributed by atoms with Gasteiger partial charge >= 0.3 is 5.97 Å². The molecule has 1 amide bonds. The molecule has 7 heteroatoms. The van der Waals surface area contributed by atoms with Crippen molar-refractivity contribution in [2.75, 3.05) is 14.2 Å². The third-order valence-corrected chi connectivity index (χ3v) is 4.09. The van der Waals surface area contributed by atoms with Crippen LogP contribution in [0.4, 0.5) is 0 Å². The van der Waals surface area contributed by atoms with E-state index in [4.69, 9.17) is 4.74 Å². The van der Waals surface area contributed by atoms with Crippen LogP contribution in [0.3, 0.4) is 0 Å². The molecule has 2 rings (SSSR count). The minimum Gasteiger partial charge on any atom is -0.497 e. The number of ether oxygens (including phenoxy) is 1. The number of likely N-dealkylation sites (N-methyl/N-ethyl adjacent to an activating group) is 1. The first-order valence-corrected chi connectivity index (χ1v) is 7.41.